The van der Waals surface area contributed by atoms with Gasteiger partial charge in [-0.1, -0.05) is 59.9 Å². The fourth-order valence-electron chi connectivity index (χ4n) is 3.32. The van der Waals surface area contributed by atoms with Crippen LogP contribution in [-0.2, 0) is 0 Å². The number of nitrogens with two attached hydrogens (primary N) is 1. The first-order valence-corrected chi connectivity index (χ1v) is 12.3. The molecule has 5 heteroatoms. The second kappa shape index (κ2) is 15.7. The van der Waals surface area contributed by atoms with Crippen LogP contribution in [0.25, 0.3) is 10.9 Å². The van der Waals surface area contributed by atoms with Gasteiger partial charge in [-0.15, -0.1) is 11.3 Å². The summed E-state index contributed by atoms with van der Waals surface area (Å²) in [5, 5.41) is 6.62. The number of amidine groups is 1. The van der Waals surface area contributed by atoms with E-state index in [1.54, 1.807) is 11.3 Å². The Bertz CT molecular complexity index is 812. The van der Waals surface area contributed by atoms with Crippen LogP contribution in [0.5, 0.6) is 0 Å². The van der Waals surface area contributed by atoms with Gasteiger partial charge in [-0.25, -0.2) is 4.99 Å². The highest BCUT2D eigenvalue weighted by molar-refractivity contribution is 7.12. The van der Waals surface area contributed by atoms with E-state index in [-0.39, 0.29) is 0 Å². The maximum absolute atomic E-state index is 5.94. The van der Waals surface area contributed by atoms with Crippen LogP contribution < -0.4 is 11.1 Å². The molecule has 2 heterocycles. The molecule has 0 atom stereocenters. The van der Waals surface area contributed by atoms with Gasteiger partial charge in [0.15, 0.2) is 0 Å². The highest BCUT2D eigenvalue weighted by Gasteiger charge is 2.10. The molecule has 0 saturated heterocycles. The molecule has 1 aliphatic carbocycles. The molecule has 166 valence electrons. The summed E-state index contributed by atoms with van der Waals surface area (Å²) in [4.78, 5) is 8.57. The summed E-state index contributed by atoms with van der Waals surface area (Å²) in [5.74, 6) is 0.565. The Kier molecular flexibility index (Phi) is 13.6. The normalized spacial score (nSPS) is 14.0. The van der Waals surface area contributed by atoms with Crippen molar-refractivity contribution in [2.24, 2.45) is 10.7 Å². The van der Waals surface area contributed by atoms with Gasteiger partial charge >= 0.3 is 0 Å². The maximum atomic E-state index is 5.94. The van der Waals surface area contributed by atoms with Gasteiger partial charge in [-0.05, 0) is 55.1 Å². The average molecular weight is 429 g/mol. The number of nitrogens with one attached hydrogen (secondary N) is 2. The number of benzene rings is 1. The third-order valence-electron chi connectivity index (χ3n) is 4.66. The summed E-state index contributed by atoms with van der Waals surface area (Å²) in [7, 11) is 0. The minimum Gasteiger partial charge on any atom is -0.383 e. The second-order valence-corrected chi connectivity index (χ2v) is 7.56. The van der Waals surface area contributed by atoms with Gasteiger partial charge < -0.3 is 16.0 Å². The van der Waals surface area contributed by atoms with E-state index < -0.39 is 0 Å². The van der Waals surface area contributed by atoms with Crippen LogP contribution in [0.1, 0.15) is 71.6 Å². The van der Waals surface area contributed by atoms with Crippen LogP contribution in [-0.4, -0.2) is 23.4 Å². The topological polar surface area (TPSA) is 66.2 Å². The van der Waals surface area contributed by atoms with Crippen molar-refractivity contribution in [3.63, 3.8) is 0 Å². The van der Waals surface area contributed by atoms with Gasteiger partial charge in [0.05, 0.1) is 10.6 Å². The molecule has 4 nitrogen and oxygen atoms in total. The van der Waals surface area contributed by atoms with Crippen molar-refractivity contribution in [2.75, 3.05) is 6.54 Å². The Morgan fingerprint density at radius 3 is 2.47 bits per heavy atom. The summed E-state index contributed by atoms with van der Waals surface area (Å²) < 4.78 is 0. The lowest BCUT2D eigenvalue weighted by Gasteiger charge is -2.21. The Labute approximate surface area is 187 Å². The summed E-state index contributed by atoms with van der Waals surface area (Å²) in [6.45, 7) is 11.3. The zero-order valence-electron chi connectivity index (χ0n) is 19.4. The van der Waals surface area contributed by atoms with Gasteiger partial charge in [-0.2, -0.15) is 0 Å². The van der Waals surface area contributed by atoms with E-state index in [4.69, 9.17) is 5.73 Å². The van der Waals surface area contributed by atoms with Crippen LogP contribution in [0.15, 0.2) is 53.0 Å². The number of fused-ring (bicyclic) bond motifs is 1. The lowest BCUT2D eigenvalue weighted by Crippen LogP contribution is -2.30. The molecule has 0 unspecified atom stereocenters. The molecule has 0 radical (unpaired) electrons. The van der Waals surface area contributed by atoms with E-state index in [9.17, 15) is 0 Å². The van der Waals surface area contributed by atoms with E-state index in [2.05, 4.69) is 22.2 Å². The number of thiophene rings is 1. The summed E-state index contributed by atoms with van der Waals surface area (Å²) in [6.07, 6.45) is 9.08. The average Bonchev–Trinajstić information content (AvgIpc) is 3.50. The lowest BCUT2D eigenvalue weighted by molar-refractivity contribution is 0.380. The van der Waals surface area contributed by atoms with Crippen molar-refractivity contribution in [1.29, 1.82) is 0 Å². The van der Waals surface area contributed by atoms with E-state index >= 15 is 0 Å². The van der Waals surface area contributed by atoms with E-state index in [0.29, 0.717) is 5.84 Å². The predicted octanol–water partition coefficient (Wildman–Crippen LogP) is 7.25. The maximum Gasteiger partial charge on any atom is 0.141 e. The highest BCUT2D eigenvalue weighted by Crippen LogP contribution is 2.21. The zero-order chi connectivity index (χ0) is 22.2. The molecule has 0 bridgehead atoms. The van der Waals surface area contributed by atoms with Crippen molar-refractivity contribution < 1.29 is 0 Å². The lowest BCUT2D eigenvalue weighted by atomic mass is 9.96. The van der Waals surface area contributed by atoms with Crippen molar-refractivity contribution in [3.8, 4) is 0 Å². The molecule has 4 N–H and O–H groups in total. The Morgan fingerprint density at radius 2 is 1.83 bits per heavy atom. The first-order valence-electron chi connectivity index (χ1n) is 11.4. The Hall–Kier alpha value is -2.11. The fraction of sp³-hybridized carbons (Fsp3) is 0.480. The first-order chi connectivity index (χ1) is 14.8. The quantitative estimate of drug-likeness (QED) is 0.303. The van der Waals surface area contributed by atoms with Crippen LogP contribution in [0.3, 0.4) is 0 Å². The smallest absolute Gasteiger partial charge is 0.141 e. The molecular weight excluding hydrogens is 388 g/mol. The van der Waals surface area contributed by atoms with Gasteiger partial charge in [0, 0.05) is 23.1 Å². The van der Waals surface area contributed by atoms with Crippen molar-refractivity contribution in [1.82, 2.24) is 10.3 Å². The fourth-order valence-corrected chi connectivity index (χ4v) is 3.95. The highest BCUT2D eigenvalue weighted by atomic mass is 32.1. The molecule has 1 aromatic carbocycles. The number of H-pyrrole nitrogens is 1. The van der Waals surface area contributed by atoms with E-state index in [0.717, 1.165) is 34.1 Å². The van der Waals surface area contributed by atoms with Crippen LogP contribution in [0.4, 0.5) is 5.69 Å². The number of hydrogen-bond donors (Lipinski definition) is 3. The minimum absolute atomic E-state index is 0.565. The summed E-state index contributed by atoms with van der Waals surface area (Å²) in [6, 6.07) is 12.8. The predicted molar refractivity (Wildman–Crippen MR) is 136 cm³/mol. The van der Waals surface area contributed by atoms with Gasteiger partial charge in [0.1, 0.15) is 5.84 Å². The number of nitrogens with zero attached hydrogens (tertiary/aromatic N) is 1. The van der Waals surface area contributed by atoms with Crippen molar-refractivity contribution in [2.45, 2.75) is 72.8 Å². The van der Waals surface area contributed by atoms with Crippen LogP contribution in [0, 0.1) is 0 Å². The van der Waals surface area contributed by atoms with Gasteiger partial charge in [0.25, 0.3) is 0 Å². The van der Waals surface area contributed by atoms with Crippen molar-refractivity contribution >= 4 is 33.8 Å². The monoisotopic (exact) mass is 428 g/mol. The molecule has 1 fully saturated rings. The Balaban J connectivity index is 0.000000294. The van der Waals surface area contributed by atoms with Crippen molar-refractivity contribution in [3.05, 3.63) is 52.9 Å². The van der Waals surface area contributed by atoms with Gasteiger partial charge in [0.2, 0.25) is 0 Å². The molecule has 3 aromatic rings. The molecule has 1 aliphatic rings. The third-order valence-corrected chi connectivity index (χ3v) is 5.55. The van der Waals surface area contributed by atoms with Gasteiger partial charge in [-0.3, -0.25) is 0 Å². The number of aromatic amines is 1. The molecule has 0 amide bonds. The molecule has 4 rings (SSSR count). The molecule has 0 spiro atoms. The number of aromatic nitrogens is 1. The van der Waals surface area contributed by atoms with Crippen LogP contribution in [0.2, 0.25) is 0 Å². The van der Waals surface area contributed by atoms with E-state index in [1.807, 2.05) is 75.7 Å². The third kappa shape index (κ3) is 8.72. The number of rotatable bonds is 4. The summed E-state index contributed by atoms with van der Waals surface area (Å²) >= 11 is 1.59. The summed E-state index contributed by atoms with van der Waals surface area (Å²) in [5.41, 5.74) is 7.93. The standard InChI is InChI=1S/C13H11N3S.C8H17N.2C2H6/c14-13(12-2-1-7-17-12)16-10-3-4-11-9(8-10)5-6-15-11;1-2-9-8-6-4-3-5-7-8;2*1-2/h1-8,15H,(H2,14,16);8-9H,2-7H2,1H3;2*1-2H3. The molecule has 30 heavy (non-hydrogen) atoms. The molecular formula is C25H40N4S. The SMILES string of the molecule is CC.CC.CCNC1CCCCC1.NC(=Nc1ccc2[nH]ccc2c1)c1cccs1. The minimum atomic E-state index is 0.565. The second-order valence-electron chi connectivity index (χ2n) is 6.62. The molecule has 2 aromatic heterocycles. The molecule has 0 aliphatic heterocycles. The number of hydrogen-bond acceptors (Lipinski definition) is 3. The Morgan fingerprint density at radius 1 is 1.10 bits per heavy atom. The zero-order valence-corrected chi connectivity index (χ0v) is 20.2. The van der Waals surface area contributed by atoms with Crippen LogP contribution >= 0.6 is 11.3 Å². The first kappa shape index (κ1) is 25.9. The number of aliphatic imine (C=N–C) groups is 1. The van der Waals surface area contributed by atoms with E-state index in [1.165, 1.54) is 32.1 Å². The molecule has 1 saturated carbocycles. The largest absolute Gasteiger partial charge is 0.383 e.